The third kappa shape index (κ3) is 4.22. The summed E-state index contributed by atoms with van der Waals surface area (Å²) in [7, 11) is 5.00. The molecule has 3 atom stereocenters. The highest BCUT2D eigenvalue weighted by molar-refractivity contribution is 5.95. The van der Waals surface area contributed by atoms with Gasteiger partial charge in [-0.2, -0.15) is 0 Å². The zero-order chi connectivity index (χ0) is 22.7. The van der Waals surface area contributed by atoms with E-state index in [2.05, 4.69) is 20.9 Å². The number of nitrogens with one attached hydrogen (secondary N) is 3. The molecule has 1 spiro atoms. The van der Waals surface area contributed by atoms with E-state index in [-0.39, 0.29) is 29.3 Å². The molecule has 2 amide bonds. The van der Waals surface area contributed by atoms with Gasteiger partial charge in [0.25, 0.3) is 5.91 Å². The summed E-state index contributed by atoms with van der Waals surface area (Å²) in [6, 6.07) is 9.37. The van der Waals surface area contributed by atoms with Crippen molar-refractivity contribution in [3.05, 3.63) is 47.7 Å². The molecule has 2 fully saturated rings. The number of nitrogens with zero attached hydrogens (tertiary/aromatic N) is 1. The number of rotatable bonds is 6. The fourth-order valence-corrected chi connectivity index (χ4v) is 5.06. The van der Waals surface area contributed by atoms with Crippen LogP contribution < -0.4 is 25.4 Å². The Morgan fingerprint density at radius 2 is 1.97 bits per heavy atom. The summed E-state index contributed by atoms with van der Waals surface area (Å²) in [6.07, 6.45) is 5.29. The van der Waals surface area contributed by atoms with Gasteiger partial charge in [0.1, 0.15) is 5.82 Å². The van der Waals surface area contributed by atoms with E-state index >= 15 is 0 Å². The maximum absolute atomic E-state index is 12.9. The average Bonchev–Trinajstić information content (AvgIpc) is 3.20. The summed E-state index contributed by atoms with van der Waals surface area (Å²) in [5.41, 5.74) is 1.35. The van der Waals surface area contributed by atoms with Crippen LogP contribution in [0.15, 0.2) is 36.5 Å². The SMILES string of the molecule is CNc1cc(C(=O)N[C@H]2CC[C@]3(CCC(=O)N3)[C@@H](c3ccc(OC)c(OC)c3)C2)ccn1. The van der Waals surface area contributed by atoms with Gasteiger partial charge < -0.3 is 25.4 Å². The molecule has 0 radical (unpaired) electrons. The molecular formula is C24H30N4O4. The van der Waals surface area contributed by atoms with Gasteiger partial charge in [0.05, 0.1) is 14.2 Å². The lowest BCUT2D eigenvalue weighted by atomic mass is 9.67. The molecule has 0 unspecified atom stereocenters. The molecule has 2 heterocycles. The van der Waals surface area contributed by atoms with Gasteiger partial charge in [-0.25, -0.2) is 4.98 Å². The summed E-state index contributed by atoms with van der Waals surface area (Å²) in [5, 5.41) is 9.41. The van der Waals surface area contributed by atoms with Gasteiger partial charge in [-0.05, 0) is 55.5 Å². The van der Waals surface area contributed by atoms with Gasteiger partial charge in [-0.1, -0.05) is 6.07 Å². The summed E-state index contributed by atoms with van der Waals surface area (Å²) < 4.78 is 10.9. The summed E-state index contributed by atoms with van der Waals surface area (Å²) in [5.74, 6) is 2.00. The Bertz CT molecular complexity index is 1010. The fraction of sp³-hybridized carbons (Fsp3) is 0.458. The molecule has 8 nitrogen and oxygen atoms in total. The highest BCUT2D eigenvalue weighted by Gasteiger charge is 2.48. The van der Waals surface area contributed by atoms with Crippen LogP contribution in [0.2, 0.25) is 0 Å². The first kappa shape index (κ1) is 21.9. The highest BCUT2D eigenvalue weighted by atomic mass is 16.5. The number of carbonyl (C=O) groups is 2. The van der Waals surface area contributed by atoms with Gasteiger partial charge in [0, 0.05) is 42.7 Å². The van der Waals surface area contributed by atoms with Crippen molar-refractivity contribution in [1.29, 1.82) is 0 Å². The van der Waals surface area contributed by atoms with Crippen LogP contribution in [-0.4, -0.2) is 49.6 Å². The van der Waals surface area contributed by atoms with E-state index in [1.165, 1.54) is 0 Å². The molecular weight excluding hydrogens is 408 g/mol. The van der Waals surface area contributed by atoms with Crippen LogP contribution in [0.25, 0.3) is 0 Å². The van der Waals surface area contributed by atoms with Crippen molar-refractivity contribution in [3.8, 4) is 11.5 Å². The summed E-state index contributed by atoms with van der Waals surface area (Å²) in [6.45, 7) is 0. The second-order valence-electron chi connectivity index (χ2n) is 8.50. The van der Waals surface area contributed by atoms with Crippen molar-refractivity contribution in [1.82, 2.24) is 15.6 Å². The number of aromatic nitrogens is 1. The van der Waals surface area contributed by atoms with Crippen LogP contribution in [0.3, 0.4) is 0 Å². The maximum Gasteiger partial charge on any atom is 0.251 e. The Hall–Kier alpha value is -3.29. The summed E-state index contributed by atoms with van der Waals surface area (Å²) in [4.78, 5) is 29.3. The van der Waals surface area contributed by atoms with E-state index < -0.39 is 0 Å². The largest absolute Gasteiger partial charge is 0.493 e. The smallest absolute Gasteiger partial charge is 0.251 e. The molecule has 32 heavy (non-hydrogen) atoms. The quantitative estimate of drug-likeness (QED) is 0.641. The lowest BCUT2D eigenvalue weighted by Gasteiger charge is -2.45. The number of carbonyl (C=O) groups excluding carboxylic acids is 2. The van der Waals surface area contributed by atoms with Crippen molar-refractivity contribution < 1.29 is 19.1 Å². The molecule has 1 aliphatic heterocycles. The van der Waals surface area contributed by atoms with Crippen molar-refractivity contribution >= 4 is 17.6 Å². The molecule has 170 valence electrons. The number of ether oxygens (including phenoxy) is 2. The maximum atomic E-state index is 12.9. The topological polar surface area (TPSA) is 102 Å². The highest BCUT2D eigenvalue weighted by Crippen LogP contribution is 2.47. The minimum absolute atomic E-state index is 0.00470. The molecule has 3 N–H and O–H groups in total. The van der Waals surface area contributed by atoms with E-state index in [0.29, 0.717) is 29.3 Å². The molecule has 8 heteroatoms. The molecule has 1 aromatic heterocycles. The predicted molar refractivity (Wildman–Crippen MR) is 121 cm³/mol. The number of methoxy groups -OCH3 is 2. The third-order valence-electron chi connectivity index (χ3n) is 6.74. The van der Waals surface area contributed by atoms with E-state index in [9.17, 15) is 9.59 Å². The van der Waals surface area contributed by atoms with Crippen LogP contribution in [0.1, 0.15) is 53.9 Å². The minimum Gasteiger partial charge on any atom is -0.493 e. The predicted octanol–water partition coefficient (Wildman–Crippen LogP) is 2.86. The van der Waals surface area contributed by atoms with Gasteiger partial charge in [0.2, 0.25) is 5.91 Å². The van der Waals surface area contributed by atoms with E-state index in [1.54, 1.807) is 39.6 Å². The van der Waals surface area contributed by atoms with Crippen molar-refractivity contribution in [2.75, 3.05) is 26.6 Å². The number of hydrogen-bond acceptors (Lipinski definition) is 6. The number of benzene rings is 1. The molecule has 1 aliphatic carbocycles. The van der Waals surface area contributed by atoms with Gasteiger partial charge >= 0.3 is 0 Å². The molecule has 0 bridgehead atoms. The minimum atomic E-state index is -0.298. The average molecular weight is 439 g/mol. The van der Waals surface area contributed by atoms with Crippen molar-refractivity contribution in [3.63, 3.8) is 0 Å². The third-order valence-corrected chi connectivity index (χ3v) is 6.74. The number of hydrogen-bond donors (Lipinski definition) is 3. The summed E-state index contributed by atoms with van der Waals surface area (Å²) >= 11 is 0. The van der Waals surface area contributed by atoms with Gasteiger partial charge in [0.15, 0.2) is 11.5 Å². The molecule has 4 rings (SSSR count). The zero-order valence-corrected chi connectivity index (χ0v) is 18.7. The van der Waals surface area contributed by atoms with Crippen molar-refractivity contribution in [2.24, 2.45) is 0 Å². The normalized spacial score (nSPS) is 24.7. The number of pyridine rings is 1. The monoisotopic (exact) mass is 438 g/mol. The van der Waals surface area contributed by atoms with Gasteiger partial charge in [-0.15, -0.1) is 0 Å². The Morgan fingerprint density at radius 3 is 2.66 bits per heavy atom. The van der Waals surface area contributed by atoms with E-state index in [0.717, 1.165) is 31.2 Å². The number of anilines is 1. The first-order valence-corrected chi connectivity index (χ1v) is 11.0. The standard InChI is InChI=1S/C24H30N4O4/c1-25-21-13-16(8-11-26-21)23(30)27-17-6-9-24(10-7-22(29)28-24)18(14-17)15-4-5-19(31-2)20(12-15)32-3/h4-5,8,11-13,17-18H,6-7,9-10,14H2,1-3H3,(H,25,26)(H,27,30)(H,28,29)/t17-,18+,24-/m0/s1. The zero-order valence-electron chi connectivity index (χ0n) is 18.7. The Labute approximate surface area is 188 Å². The van der Waals surface area contributed by atoms with E-state index in [4.69, 9.17) is 9.47 Å². The first-order valence-electron chi connectivity index (χ1n) is 11.0. The molecule has 1 aromatic carbocycles. The molecule has 2 aliphatic rings. The number of amides is 2. The Morgan fingerprint density at radius 1 is 1.16 bits per heavy atom. The van der Waals surface area contributed by atoms with Crippen LogP contribution >= 0.6 is 0 Å². The lowest BCUT2D eigenvalue weighted by molar-refractivity contribution is -0.120. The van der Waals surface area contributed by atoms with Crippen molar-refractivity contribution in [2.45, 2.75) is 49.6 Å². The fourth-order valence-electron chi connectivity index (χ4n) is 5.06. The second-order valence-corrected chi connectivity index (χ2v) is 8.50. The first-order chi connectivity index (χ1) is 15.5. The Balaban J connectivity index is 1.58. The van der Waals surface area contributed by atoms with Gasteiger partial charge in [-0.3, -0.25) is 9.59 Å². The molecule has 1 saturated carbocycles. The van der Waals surface area contributed by atoms with E-state index in [1.807, 2.05) is 18.2 Å². The molecule has 2 aromatic rings. The van der Waals surface area contributed by atoms with Crippen LogP contribution in [0.5, 0.6) is 11.5 Å². The van der Waals surface area contributed by atoms with Crippen LogP contribution in [0.4, 0.5) is 5.82 Å². The van der Waals surface area contributed by atoms with Crippen LogP contribution in [0, 0.1) is 0 Å². The Kier molecular flexibility index (Phi) is 6.21. The molecule has 1 saturated heterocycles. The van der Waals surface area contributed by atoms with Crippen LogP contribution in [-0.2, 0) is 4.79 Å². The lowest BCUT2D eigenvalue weighted by Crippen LogP contribution is -2.53. The second kappa shape index (κ2) is 9.06.